The maximum atomic E-state index is 11.1. The number of anilines is 1. The first-order valence-corrected chi connectivity index (χ1v) is 7.48. The maximum absolute atomic E-state index is 11.1. The summed E-state index contributed by atoms with van der Waals surface area (Å²) in [5.74, 6) is 0.550. The molecule has 0 fully saturated rings. The number of nitrogens with zero attached hydrogens (tertiary/aromatic N) is 2. The van der Waals surface area contributed by atoms with E-state index in [4.69, 9.17) is 4.74 Å². The number of carbonyl (C=O) groups excluding carboxylic acids is 1. The molecule has 5 nitrogen and oxygen atoms in total. The van der Waals surface area contributed by atoms with E-state index in [2.05, 4.69) is 38.2 Å². The summed E-state index contributed by atoms with van der Waals surface area (Å²) in [7, 11) is 5.92. The third-order valence-corrected chi connectivity index (χ3v) is 4.19. The maximum Gasteiger partial charge on any atom is 0.412 e. The number of ether oxygens (including phenoxy) is 1. The first kappa shape index (κ1) is 17.3. The fraction of sp³-hybridized carbons (Fsp3) is 0.562. The second-order valence-corrected chi connectivity index (χ2v) is 5.53. The van der Waals surface area contributed by atoms with Crippen molar-refractivity contribution in [2.45, 2.75) is 13.8 Å². The average Bonchev–Trinajstić information content (AvgIpc) is 2.52. The van der Waals surface area contributed by atoms with E-state index in [-0.39, 0.29) is 0 Å². The second kappa shape index (κ2) is 7.88. The van der Waals surface area contributed by atoms with Crippen LogP contribution >= 0.6 is 0 Å². The molecule has 0 radical (unpaired) electrons. The Bertz CT molecular complexity index is 441. The molecule has 1 N–H and O–H groups in total. The third kappa shape index (κ3) is 5.27. The van der Waals surface area contributed by atoms with Crippen LogP contribution in [0.5, 0.6) is 5.75 Å². The predicted molar refractivity (Wildman–Crippen MR) is 86.9 cm³/mol. The largest absolute Gasteiger partial charge is 0.412 e. The molecule has 1 rings (SSSR count). The Hall–Kier alpha value is -1.75. The molecule has 0 aliphatic heterocycles. The minimum absolute atomic E-state index is 0.449. The van der Waals surface area contributed by atoms with E-state index in [1.807, 2.05) is 24.3 Å². The van der Waals surface area contributed by atoms with E-state index in [0.717, 1.165) is 36.3 Å². The van der Waals surface area contributed by atoms with Gasteiger partial charge in [0.1, 0.15) is 5.75 Å². The van der Waals surface area contributed by atoms with Crippen LogP contribution in [0, 0.1) is 0 Å². The zero-order chi connectivity index (χ0) is 15.9. The average molecular weight is 294 g/mol. The summed E-state index contributed by atoms with van der Waals surface area (Å²) in [6, 6.07) is 7.57. The normalized spacial score (nSPS) is 11.1. The van der Waals surface area contributed by atoms with Crippen LogP contribution in [-0.4, -0.2) is 57.9 Å². The smallest absolute Gasteiger partial charge is 0.410 e. The van der Waals surface area contributed by atoms with Crippen LogP contribution in [0.25, 0.3) is 0 Å². The molecular weight excluding hydrogens is 266 g/mol. The number of likely N-dealkylation sites (N-methyl/N-ethyl adjacent to an activating group) is 2. The zero-order valence-electron chi connectivity index (χ0n) is 13.8. The standard InChI is InChI=1S/C16H27N3O2/c1-6-19(5,7-2)13-12-18(4)14-8-10-15(11-9-14)21-16(20)17-3/h8-11H,6-7,12-13H2,1-5H3/p+1. The summed E-state index contributed by atoms with van der Waals surface area (Å²) < 4.78 is 6.15. The molecular formula is C16H28N3O2+. The molecule has 0 bridgehead atoms. The number of hydrogen-bond acceptors (Lipinski definition) is 3. The van der Waals surface area contributed by atoms with Crippen molar-refractivity contribution in [2.75, 3.05) is 52.2 Å². The molecule has 0 aromatic heterocycles. The summed E-state index contributed by atoms with van der Waals surface area (Å²) in [6.45, 7) is 8.85. The second-order valence-electron chi connectivity index (χ2n) is 5.53. The lowest BCUT2D eigenvalue weighted by molar-refractivity contribution is -0.904. The van der Waals surface area contributed by atoms with E-state index in [0.29, 0.717) is 5.75 Å². The van der Waals surface area contributed by atoms with Crippen molar-refractivity contribution < 1.29 is 14.0 Å². The third-order valence-electron chi connectivity index (χ3n) is 4.19. The molecule has 1 aromatic carbocycles. The van der Waals surface area contributed by atoms with Gasteiger partial charge in [0.25, 0.3) is 0 Å². The van der Waals surface area contributed by atoms with Gasteiger partial charge in [-0.15, -0.1) is 0 Å². The Balaban J connectivity index is 2.59. The van der Waals surface area contributed by atoms with Crippen molar-refractivity contribution in [3.63, 3.8) is 0 Å². The Kier molecular flexibility index (Phi) is 6.49. The first-order valence-electron chi connectivity index (χ1n) is 7.48. The molecule has 21 heavy (non-hydrogen) atoms. The number of nitrogens with one attached hydrogen (secondary N) is 1. The van der Waals surface area contributed by atoms with Gasteiger partial charge in [-0.3, -0.25) is 0 Å². The van der Waals surface area contributed by atoms with Crippen LogP contribution in [0.3, 0.4) is 0 Å². The van der Waals surface area contributed by atoms with Crippen LogP contribution < -0.4 is 15.0 Å². The van der Waals surface area contributed by atoms with Crippen molar-refractivity contribution in [1.82, 2.24) is 5.32 Å². The van der Waals surface area contributed by atoms with Gasteiger partial charge in [-0.2, -0.15) is 0 Å². The number of quaternary nitrogens is 1. The minimum atomic E-state index is -0.449. The van der Waals surface area contributed by atoms with Gasteiger partial charge >= 0.3 is 6.09 Å². The predicted octanol–water partition coefficient (Wildman–Crippen LogP) is 2.33. The number of carbonyl (C=O) groups is 1. The molecule has 118 valence electrons. The Morgan fingerprint density at radius 2 is 1.81 bits per heavy atom. The lowest BCUT2D eigenvalue weighted by atomic mass is 10.2. The van der Waals surface area contributed by atoms with Crippen molar-refractivity contribution in [3.05, 3.63) is 24.3 Å². The van der Waals surface area contributed by atoms with Crippen molar-refractivity contribution in [1.29, 1.82) is 0 Å². The summed E-state index contributed by atoms with van der Waals surface area (Å²) in [4.78, 5) is 13.4. The highest BCUT2D eigenvalue weighted by Gasteiger charge is 2.17. The molecule has 5 heteroatoms. The molecule has 1 amide bonds. The summed E-state index contributed by atoms with van der Waals surface area (Å²) in [5, 5.41) is 2.43. The van der Waals surface area contributed by atoms with Crippen LogP contribution in [0.2, 0.25) is 0 Å². The van der Waals surface area contributed by atoms with Crippen LogP contribution in [0.15, 0.2) is 24.3 Å². The number of benzene rings is 1. The summed E-state index contributed by atoms with van der Waals surface area (Å²) >= 11 is 0. The van der Waals surface area contributed by atoms with E-state index in [1.165, 1.54) is 0 Å². The van der Waals surface area contributed by atoms with Gasteiger partial charge in [0.2, 0.25) is 0 Å². The SMILES string of the molecule is CC[N+](C)(CC)CCN(C)c1ccc(OC(=O)NC)cc1. The van der Waals surface area contributed by atoms with E-state index in [1.54, 1.807) is 7.05 Å². The number of rotatable bonds is 7. The van der Waals surface area contributed by atoms with Crippen LogP contribution in [-0.2, 0) is 0 Å². The Morgan fingerprint density at radius 1 is 1.24 bits per heavy atom. The van der Waals surface area contributed by atoms with Crippen molar-refractivity contribution in [3.8, 4) is 5.75 Å². The Labute approximate surface area is 128 Å². The molecule has 0 aliphatic rings. The molecule has 0 saturated carbocycles. The van der Waals surface area contributed by atoms with E-state index in [9.17, 15) is 4.79 Å². The van der Waals surface area contributed by atoms with E-state index >= 15 is 0 Å². The zero-order valence-corrected chi connectivity index (χ0v) is 13.8. The first-order chi connectivity index (χ1) is 9.94. The molecule has 0 aliphatic carbocycles. The van der Waals surface area contributed by atoms with Gasteiger partial charge in [0.15, 0.2) is 0 Å². The number of amides is 1. The molecule has 0 unspecified atom stereocenters. The lowest BCUT2D eigenvalue weighted by Crippen LogP contribution is -2.47. The monoisotopic (exact) mass is 294 g/mol. The highest BCUT2D eigenvalue weighted by atomic mass is 16.5. The molecule has 0 saturated heterocycles. The molecule has 0 heterocycles. The lowest BCUT2D eigenvalue weighted by Gasteiger charge is -2.34. The van der Waals surface area contributed by atoms with Crippen molar-refractivity contribution >= 4 is 11.8 Å². The summed E-state index contributed by atoms with van der Waals surface area (Å²) in [6.07, 6.45) is -0.449. The van der Waals surface area contributed by atoms with Crippen molar-refractivity contribution in [2.24, 2.45) is 0 Å². The van der Waals surface area contributed by atoms with Crippen LogP contribution in [0.4, 0.5) is 10.5 Å². The quantitative estimate of drug-likeness (QED) is 0.785. The fourth-order valence-electron chi connectivity index (χ4n) is 1.99. The van der Waals surface area contributed by atoms with Gasteiger partial charge in [0.05, 0.1) is 33.2 Å². The molecule has 0 atom stereocenters. The van der Waals surface area contributed by atoms with Gasteiger partial charge in [-0.25, -0.2) is 4.79 Å². The fourth-order valence-corrected chi connectivity index (χ4v) is 1.99. The highest BCUT2D eigenvalue weighted by Crippen LogP contribution is 2.18. The number of hydrogen-bond donors (Lipinski definition) is 1. The van der Waals surface area contributed by atoms with E-state index < -0.39 is 6.09 Å². The minimum Gasteiger partial charge on any atom is -0.410 e. The van der Waals surface area contributed by atoms with Gasteiger partial charge in [-0.1, -0.05) is 0 Å². The molecule has 1 aromatic rings. The van der Waals surface area contributed by atoms with Gasteiger partial charge < -0.3 is 19.4 Å². The topological polar surface area (TPSA) is 41.6 Å². The highest BCUT2D eigenvalue weighted by molar-refractivity contribution is 5.70. The molecule has 0 spiro atoms. The van der Waals surface area contributed by atoms with Crippen LogP contribution in [0.1, 0.15) is 13.8 Å². The summed E-state index contributed by atoms with van der Waals surface area (Å²) in [5.41, 5.74) is 1.12. The van der Waals surface area contributed by atoms with Gasteiger partial charge in [0, 0.05) is 19.8 Å². The Morgan fingerprint density at radius 3 is 2.29 bits per heavy atom. The van der Waals surface area contributed by atoms with Gasteiger partial charge in [-0.05, 0) is 38.1 Å².